The molecule has 28 heavy (non-hydrogen) atoms. The van der Waals surface area contributed by atoms with E-state index >= 15 is 0 Å². The molecule has 0 spiro atoms. The maximum atomic E-state index is 14.0. The smallest absolute Gasteiger partial charge is 0.268 e. The lowest BCUT2D eigenvalue weighted by Gasteiger charge is -2.36. The van der Waals surface area contributed by atoms with Gasteiger partial charge in [0.2, 0.25) is 0 Å². The number of sulfonamides is 1. The minimum absolute atomic E-state index is 0.0285. The Labute approximate surface area is 168 Å². The van der Waals surface area contributed by atoms with Crippen molar-refractivity contribution in [2.75, 3.05) is 24.4 Å². The van der Waals surface area contributed by atoms with E-state index in [0.717, 1.165) is 36.5 Å². The Morgan fingerprint density at radius 2 is 1.89 bits per heavy atom. The summed E-state index contributed by atoms with van der Waals surface area (Å²) in [5.41, 5.74) is 4.47. The molecule has 2 aromatic rings. The van der Waals surface area contributed by atoms with Gasteiger partial charge in [-0.2, -0.15) is 5.10 Å². The molecule has 7 heteroatoms. The molecular weight excluding hydrogens is 372 g/mol. The molecule has 0 radical (unpaired) electrons. The fourth-order valence-electron chi connectivity index (χ4n) is 4.97. The highest BCUT2D eigenvalue weighted by molar-refractivity contribution is 7.93. The van der Waals surface area contributed by atoms with E-state index in [1.807, 2.05) is 37.6 Å². The number of fused-ring (bicyclic) bond motifs is 3. The fourth-order valence-corrected chi connectivity index (χ4v) is 7.08. The van der Waals surface area contributed by atoms with Gasteiger partial charge in [0.05, 0.1) is 23.1 Å². The van der Waals surface area contributed by atoms with Crippen molar-refractivity contribution in [1.82, 2.24) is 14.7 Å². The molecule has 2 atom stereocenters. The monoisotopic (exact) mass is 402 g/mol. The minimum atomic E-state index is -3.70. The van der Waals surface area contributed by atoms with Gasteiger partial charge in [-0.3, -0.25) is 8.99 Å². The van der Waals surface area contributed by atoms with Gasteiger partial charge in [-0.05, 0) is 66.3 Å². The third-order valence-corrected chi connectivity index (χ3v) is 8.26. The van der Waals surface area contributed by atoms with E-state index < -0.39 is 10.0 Å². The summed E-state index contributed by atoms with van der Waals surface area (Å²) in [7, 11) is -1.58. The molecule has 2 aliphatic rings. The number of rotatable bonds is 3. The SMILES string of the molecule is Cc1ccc2c(c1)[C@H]1CN(C)CC[C@H]1N2S(=O)(=O)c1c(C)nn(C(C)C)c1C. The van der Waals surface area contributed by atoms with Crippen LogP contribution in [-0.2, 0) is 10.0 Å². The second kappa shape index (κ2) is 6.59. The molecular formula is C21H30N4O2S. The summed E-state index contributed by atoms with van der Waals surface area (Å²) in [4.78, 5) is 2.67. The van der Waals surface area contributed by atoms with Crippen LogP contribution in [0.25, 0.3) is 0 Å². The molecule has 3 heterocycles. The van der Waals surface area contributed by atoms with Crippen LogP contribution in [0, 0.1) is 20.8 Å². The summed E-state index contributed by atoms with van der Waals surface area (Å²) in [5, 5.41) is 4.54. The van der Waals surface area contributed by atoms with Crippen LogP contribution in [0.4, 0.5) is 5.69 Å². The first-order chi connectivity index (χ1) is 13.1. The molecule has 152 valence electrons. The van der Waals surface area contributed by atoms with Crippen molar-refractivity contribution in [2.45, 2.75) is 63.9 Å². The van der Waals surface area contributed by atoms with E-state index in [1.54, 1.807) is 11.2 Å². The van der Waals surface area contributed by atoms with E-state index in [1.165, 1.54) is 5.56 Å². The molecule has 1 aromatic heterocycles. The van der Waals surface area contributed by atoms with Crippen LogP contribution < -0.4 is 4.31 Å². The Morgan fingerprint density at radius 1 is 1.18 bits per heavy atom. The zero-order valence-corrected chi connectivity index (χ0v) is 18.4. The largest absolute Gasteiger partial charge is 0.306 e. The Morgan fingerprint density at radius 3 is 2.54 bits per heavy atom. The topological polar surface area (TPSA) is 58.4 Å². The highest BCUT2D eigenvalue weighted by Crippen LogP contribution is 2.48. The average Bonchev–Trinajstić information content (AvgIpc) is 3.09. The molecule has 1 saturated heterocycles. The molecule has 0 unspecified atom stereocenters. The molecule has 6 nitrogen and oxygen atoms in total. The van der Waals surface area contributed by atoms with Crippen molar-refractivity contribution in [3.63, 3.8) is 0 Å². The maximum Gasteiger partial charge on any atom is 0.268 e. The fraction of sp³-hybridized carbons (Fsp3) is 0.571. The van der Waals surface area contributed by atoms with Crippen molar-refractivity contribution < 1.29 is 8.42 Å². The van der Waals surface area contributed by atoms with Crippen LogP contribution in [0.2, 0.25) is 0 Å². The lowest BCUT2D eigenvalue weighted by molar-refractivity contribution is 0.237. The quantitative estimate of drug-likeness (QED) is 0.790. The van der Waals surface area contributed by atoms with Gasteiger partial charge in [0.1, 0.15) is 4.90 Å². The summed E-state index contributed by atoms with van der Waals surface area (Å²) < 4.78 is 31.4. The lowest BCUT2D eigenvalue weighted by Crippen LogP contribution is -2.47. The summed E-state index contributed by atoms with van der Waals surface area (Å²) in [6.45, 7) is 11.6. The Balaban J connectivity index is 1.89. The molecule has 0 N–H and O–H groups in total. The van der Waals surface area contributed by atoms with Gasteiger partial charge in [-0.25, -0.2) is 8.42 Å². The van der Waals surface area contributed by atoms with Crippen LogP contribution in [0.1, 0.15) is 54.7 Å². The number of hydrogen-bond donors (Lipinski definition) is 0. The first-order valence-electron chi connectivity index (χ1n) is 10.0. The highest BCUT2D eigenvalue weighted by Gasteiger charge is 2.47. The Hall–Kier alpha value is -1.86. The number of anilines is 1. The zero-order valence-electron chi connectivity index (χ0n) is 17.6. The second-order valence-corrected chi connectivity index (χ2v) is 10.4. The van der Waals surface area contributed by atoms with Gasteiger partial charge in [0, 0.05) is 18.5 Å². The number of hydrogen-bond acceptors (Lipinski definition) is 4. The number of piperidine rings is 1. The molecule has 0 aliphatic carbocycles. The van der Waals surface area contributed by atoms with Crippen LogP contribution in [0.5, 0.6) is 0 Å². The molecule has 2 aliphatic heterocycles. The summed E-state index contributed by atoms with van der Waals surface area (Å²) in [6.07, 6.45) is 0.838. The number of benzene rings is 1. The van der Waals surface area contributed by atoms with Crippen molar-refractivity contribution in [3.8, 4) is 0 Å². The van der Waals surface area contributed by atoms with Crippen molar-refractivity contribution in [3.05, 3.63) is 40.7 Å². The van der Waals surface area contributed by atoms with Gasteiger partial charge < -0.3 is 4.90 Å². The first-order valence-corrected chi connectivity index (χ1v) is 11.5. The third kappa shape index (κ3) is 2.78. The van der Waals surface area contributed by atoms with Crippen molar-refractivity contribution in [2.24, 2.45) is 0 Å². The predicted molar refractivity (Wildman–Crippen MR) is 112 cm³/mol. The zero-order chi connectivity index (χ0) is 20.4. The average molecular weight is 403 g/mol. The summed E-state index contributed by atoms with van der Waals surface area (Å²) >= 11 is 0. The highest BCUT2D eigenvalue weighted by atomic mass is 32.2. The number of nitrogens with zero attached hydrogens (tertiary/aromatic N) is 4. The van der Waals surface area contributed by atoms with Crippen LogP contribution in [-0.4, -0.2) is 49.3 Å². The van der Waals surface area contributed by atoms with Gasteiger partial charge in [-0.1, -0.05) is 17.7 Å². The van der Waals surface area contributed by atoms with E-state index in [9.17, 15) is 8.42 Å². The Bertz CT molecular complexity index is 1030. The van der Waals surface area contributed by atoms with Gasteiger partial charge in [-0.15, -0.1) is 0 Å². The third-order valence-electron chi connectivity index (χ3n) is 6.17. The maximum absolute atomic E-state index is 14.0. The van der Waals surface area contributed by atoms with Crippen molar-refractivity contribution >= 4 is 15.7 Å². The molecule has 1 aromatic carbocycles. The number of aromatic nitrogens is 2. The lowest BCUT2D eigenvalue weighted by atomic mass is 9.89. The molecule has 0 saturated carbocycles. The van der Waals surface area contributed by atoms with Crippen molar-refractivity contribution in [1.29, 1.82) is 0 Å². The summed E-state index contributed by atoms with van der Waals surface area (Å²) in [5.74, 6) is 0.212. The van der Waals surface area contributed by atoms with E-state index in [-0.39, 0.29) is 18.0 Å². The van der Waals surface area contributed by atoms with E-state index in [2.05, 4.69) is 30.0 Å². The number of aryl methyl sites for hydroxylation is 2. The molecule has 4 rings (SSSR count). The summed E-state index contributed by atoms with van der Waals surface area (Å²) in [6, 6.07) is 6.25. The second-order valence-electron chi connectivity index (χ2n) is 8.63. The molecule has 0 amide bonds. The van der Waals surface area contributed by atoms with Gasteiger partial charge in [0.25, 0.3) is 10.0 Å². The van der Waals surface area contributed by atoms with Gasteiger partial charge in [0.15, 0.2) is 0 Å². The first kappa shape index (κ1) is 19.5. The van der Waals surface area contributed by atoms with Crippen LogP contribution in [0.15, 0.2) is 23.1 Å². The predicted octanol–water partition coefficient (Wildman–Crippen LogP) is 3.39. The standard InChI is InChI=1S/C21H30N4O2S/c1-13(2)24-16(5)21(15(4)22-24)28(26,27)25-19-8-7-14(3)11-17(19)18-12-23(6)10-9-20(18)25/h7-8,11,13,18,20H,9-10,12H2,1-6H3/t18-,20-/m1/s1. The molecule has 0 bridgehead atoms. The van der Waals surface area contributed by atoms with E-state index in [4.69, 9.17) is 0 Å². The normalized spacial score (nSPS) is 22.6. The van der Waals surface area contributed by atoms with Crippen LogP contribution >= 0.6 is 0 Å². The number of likely N-dealkylation sites (N-methyl/N-ethyl adjacent to an activating group) is 1. The molecule has 1 fully saturated rings. The Kier molecular flexibility index (Phi) is 4.58. The van der Waals surface area contributed by atoms with Crippen LogP contribution in [0.3, 0.4) is 0 Å². The van der Waals surface area contributed by atoms with E-state index in [0.29, 0.717) is 10.6 Å². The number of likely N-dealkylation sites (tertiary alicyclic amines) is 1. The minimum Gasteiger partial charge on any atom is -0.306 e. The van der Waals surface area contributed by atoms with Gasteiger partial charge >= 0.3 is 0 Å².